The molecule has 3 nitrogen and oxygen atoms in total. The Morgan fingerprint density at radius 3 is 2.71 bits per heavy atom. The molecule has 1 aromatic rings. The number of benzene rings is 1. The van der Waals surface area contributed by atoms with E-state index in [9.17, 15) is 4.79 Å². The molecule has 0 aliphatic carbocycles. The van der Waals surface area contributed by atoms with E-state index in [1.54, 1.807) is 0 Å². The average molecular weight is 305 g/mol. The molecule has 0 amide bonds. The highest BCUT2D eigenvalue weighted by Gasteiger charge is 2.12. The Bertz CT molecular complexity index is 332. The van der Waals surface area contributed by atoms with Crippen LogP contribution in [0.2, 0.25) is 0 Å². The molecule has 0 aromatic heterocycles. The molecule has 4 heteroatoms. The monoisotopic (exact) mass is 305 g/mol. The molecule has 0 saturated heterocycles. The Labute approximate surface area is 96.4 Å². The van der Waals surface area contributed by atoms with Crippen molar-refractivity contribution in [2.45, 2.75) is 19.4 Å². The molecule has 1 atom stereocenters. The van der Waals surface area contributed by atoms with E-state index in [0.717, 1.165) is 14.7 Å². The normalized spacial score (nSPS) is 12.5. The molecule has 0 saturated carbocycles. The zero-order valence-electron chi connectivity index (χ0n) is 7.83. The lowest BCUT2D eigenvalue weighted by Gasteiger charge is -2.07. The SMILES string of the molecule is Cc1cc(I)cc(C[C@@H](N)C(=O)O)c1. The summed E-state index contributed by atoms with van der Waals surface area (Å²) in [5.41, 5.74) is 7.55. The molecule has 0 bridgehead atoms. The number of carbonyl (C=O) groups is 1. The first-order valence-electron chi connectivity index (χ1n) is 4.23. The molecule has 0 aliphatic rings. The fourth-order valence-electron chi connectivity index (χ4n) is 1.27. The highest BCUT2D eigenvalue weighted by Crippen LogP contribution is 2.13. The molecule has 76 valence electrons. The highest BCUT2D eigenvalue weighted by molar-refractivity contribution is 14.1. The highest BCUT2D eigenvalue weighted by atomic mass is 127. The minimum Gasteiger partial charge on any atom is -0.480 e. The quantitative estimate of drug-likeness (QED) is 0.833. The van der Waals surface area contributed by atoms with Gasteiger partial charge in [0.25, 0.3) is 0 Å². The predicted molar refractivity (Wildman–Crippen MR) is 63.2 cm³/mol. The minimum absolute atomic E-state index is 0.382. The topological polar surface area (TPSA) is 63.3 Å². The summed E-state index contributed by atoms with van der Waals surface area (Å²) in [4.78, 5) is 10.5. The molecule has 0 heterocycles. The molecular formula is C10H12INO2. The first kappa shape index (κ1) is 11.5. The van der Waals surface area contributed by atoms with Gasteiger partial charge in [-0.2, -0.15) is 0 Å². The van der Waals surface area contributed by atoms with E-state index in [1.807, 2.05) is 25.1 Å². The second-order valence-electron chi connectivity index (χ2n) is 3.29. The van der Waals surface area contributed by atoms with Crippen molar-refractivity contribution in [2.75, 3.05) is 0 Å². The third-order valence-electron chi connectivity index (χ3n) is 1.87. The van der Waals surface area contributed by atoms with Gasteiger partial charge in [0.05, 0.1) is 0 Å². The van der Waals surface area contributed by atoms with Gasteiger partial charge in [-0.05, 0) is 59.2 Å². The van der Waals surface area contributed by atoms with Gasteiger partial charge in [0.1, 0.15) is 6.04 Å². The van der Waals surface area contributed by atoms with E-state index in [-0.39, 0.29) is 0 Å². The van der Waals surface area contributed by atoms with Crippen LogP contribution < -0.4 is 5.73 Å². The number of nitrogens with two attached hydrogens (primary N) is 1. The van der Waals surface area contributed by atoms with Gasteiger partial charge in [-0.25, -0.2) is 0 Å². The average Bonchev–Trinajstić information content (AvgIpc) is 2.01. The lowest BCUT2D eigenvalue weighted by molar-refractivity contribution is -0.138. The number of aliphatic carboxylic acids is 1. The van der Waals surface area contributed by atoms with E-state index in [1.165, 1.54) is 0 Å². The lowest BCUT2D eigenvalue weighted by Crippen LogP contribution is -2.32. The van der Waals surface area contributed by atoms with Crippen LogP contribution in [0, 0.1) is 10.5 Å². The number of rotatable bonds is 3. The van der Waals surface area contributed by atoms with Crippen molar-refractivity contribution in [2.24, 2.45) is 5.73 Å². The largest absolute Gasteiger partial charge is 0.480 e. The summed E-state index contributed by atoms with van der Waals surface area (Å²) in [5.74, 6) is -0.957. The summed E-state index contributed by atoms with van der Waals surface area (Å²) in [6.45, 7) is 1.98. The molecular weight excluding hydrogens is 293 g/mol. The molecule has 1 aromatic carbocycles. The maximum Gasteiger partial charge on any atom is 0.320 e. The van der Waals surface area contributed by atoms with Crippen molar-refractivity contribution >= 4 is 28.6 Å². The number of hydrogen-bond acceptors (Lipinski definition) is 2. The minimum atomic E-state index is -0.957. The number of carboxylic acid groups (broad SMARTS) is 1. The van der Waals surface area contributed by atoms with E-state index >= 15 is 0 Å². The lowest BCUT2D eigenvalue weighted by atomic mass is 10.0. The van der Waals surface area contributed by atoms with Gasteiger partial charge in [0.2, 0.25) is 0 Å². The summed E-state index contributed by atoms with van der Waals surface area (Å²) in [6.07, 6.45) is 0.382. The second kappa shape index (κ2) is 4.75. The van der Waals surface area contributed by atoms with Crippen LogP contribution in [-0.2, 0) is 11.2 Å². The van der Waals surface area contributed by atoms with Gasteiger partial charge in [-0.1, -0.05) is 6.07 Å². The van der Waals surface area contributed by atoms with Crippen LogP contribution >= 0.6 is 22.6 Å². The number of halogens is 1. The predicted octanol–water partition coefficient (Wildman–Crippen LogP) is 1.55. The van der Waals surface area contributed by atoms with Gasteiger partial charge in [0, 0.05) is 3.57 Å². The van der Waals surface area contributed by atoms with Crippen LogP contribution in [0.15, 0.2) is 18.2 Å². The van der Waals surface area contributed by atoms with Gasteiger partial charge in [-0.15, -0.1) is 0 Å². The molecule has 14 heavy (non-hydrogen) atoms. The molecule has 0 aliphatic heterocycles. The zero-order chi connectivity index (χ0) is 10.7. The Morgan fingerprint density at radius 2 is 2.21 bits per heavy atom. The Kier molecular flexibility index (Phi) is 3.88. The van der Waals surface area contributed by atoms with Crippen LogP contribution in [0.1, 0.15) is 11.1 Å². The standard InChI is InChI=1S/C10H12INO2/c1-6-2-7(4-8(11)3-6)5-9(12)10(13)14/h2-4,9H,5,12H2,1H3,(H,13,14)/t9-/m1/s1. The van der Waals surface area contributed by atoms with Crippen LogP contribution in [0.5, 0.6) is 0 Å². The zero-order valence-corrected chi connectivity index (χ0v) is 9.98. The second-order valence-corrected chi connectivity index (χ2v) is 4.53. The third kappa shape index (κ3) is 3.26. The van der Waals surface area contributed by atoms with Crippen LogP contribution in [0.4, 0.5) is 0 Å². The maximum atomic E-state index is 10.5. The first-order chi connectivity index (χ1) is 6.49. The van der Waals surface area contributed by atoms with Crippen molar-refractivity contribution in [1.82, 2.24) is 0 Å². The van der Waals surface area contributed by atoms with Gasteiger partial charge in [-0.3, -0.25) is 4.79 Å². The van der Waals surface area contributed by atoms with Crippen molar-refractivity contribution in [3.8, 4) is 0 Å². The molecule has 0 spiro atoms. The molecule has 0 unspecified atom stereocenters. The molecule has 1 rings (SSSR count). The smallest absolute Gasteiger partial charge is 0.320 e. The summed E-state index contributed by atoms with van der Waals surface area (Å²) in [7, 11) is 0. The van der Waals surface area contributed by atoms with Crippen LogP contribution in [0.25, 0.3) is 0 Å². The molecule has 3 N–H and O–H groups in total. The Balaban J connectivity index is 2.81. The van der Waals surface area contributed by atoms with E-state index < -0.39 is 12.0 Å². The van der Waals surface area contributed by atoms with E-state index in [4.69, 9.17) is 10.8 Å². The van der Waals surface area contributed by atoms with Gasteiger partial charge in [0.15, 0.2) is 0 Å². The number of carboxylic acids is 1. The van der Waals surface area contributed by atoms with Crippen LogP contribution in [0.3, 0.4) is 0 Å². The van der Waals surface area contributed by atoms with Gasteiger partial charge >= 0.3 is 5.97 Å². The first-order valence-corrected chi connectivity index (χ1v) is 5.31. The number of aryl methyl sites for hydroxylation is 1. The summed E-state index contributed by atoms with van der Waals surface area (Å²) >= 11 is 2.21. The molecule has 0 fully saturated rings. The Morgan fingerprint density at radius 1 is 1.57 bits per heavy atom. The van der Waals surface area contributed by atoms with Gasteiger partial charge < -0.3 is 10.8 Å². The number of hydrogen-bond donors (Lipinski definition) is 2. The van der Waals surface area contributed by atoms with E-state index in [2.05, 4.69) is 22.6 Å². The fourth-order valence-corrected chi connectivity index (χ4v) is 2.16. The van der Waals surface area contributed by atoms with Crippen molar-refractivity contribution in [1.29, 1.82) is 0 Å². The van der Waals surface area contributed by atoms with E-state index in [0.29, 0.717) is 6.42 Å². The summed E-state index contributed by atoms with van der Waals surface area (Å²) in [5, 5.41) is 8.66. The van der Waals surface area contributed by atoms with Crippen LogP contribution in [-0.4, -0.2) is 17.1 Å². The maximum absolute atomic E-state index is 10.5. The van der Waals surface area contributed by atoms with Crippen molar-refractivity contribution in [3.63, 3.8) is 0 Å². The summed E-state index contributed by atoms with van der Waals surface area (Å²) < 4.78 is 1.11. The summed E-state index contributed by atoms with van der Waals surface area (Å²) in [6, 6.07) is 5.14. The Hall–Kier alpha value is -0.620. The fraction of sp³-hybridized carbons (Fsp3) is 0.300. The molecule has 0 radical (unpaired) electrons. The van der Waals surface area contributed by atoms with Crippen molar-refractivity contribution in [3.05, 3.63) is 32.9 Å². The van der Waals surface area contributed by atoms with Crippen molar-refractivity contribution < 1.29 is 9.90 Å². The third-order valence-corrected chi connectivity index (χ3v) is 2.50.